The number of aromatic nitrogens is 2. The molecule has 5 rings (SSSR count). The molecule has 35 heavy (non-hydrogen) atoms. The molecule has 0 radical (unpaired) electrons. The second-order valence-electron chi connectivity index (χ2n) is 8.62. The Bertz CT molecular complexity index is 1450. The van der Waals surface area contributed by atoms with Crippen molar-refractivity contribution in [2.45, 2.75) is 42.6 Å². The van der Waals surface area contributed by atoms with Gasteiger partial charge in [-0.2, -0.15) is 0 Å². The van der Waals surface area contributed by atoms with Gasteiger partial charge in [-0.3, -0.25) is 14.2 Å². The molecule has 1 saturated carbocycles. The first kappa shape index (κ1) is 23.6. The van der Waals surface area contributed by atoms with Crippen LogP contribution in [0.1, 0.15) is 41.6 Å². The summed E-state index contributed by atoms with van der Waals surface area (Å²) in [7, 11) is 0. The first-order valence-electron chi connectivity index (χ1n) is 11.5. The zero-order chi connectivity index (χ0) is 24.4. The fraction of sp³-hybridized carbons (Fsp3) is 0.222. The number of rotatable bonds is 6. The Hall–Kier alpha value is -3.16. The Morgan fingerprint density at radius 1 is 1.09 bits per heavy atom. The standard InChI is InChI=1S/C27H23ClFN3O2S/c28-19-11-8-17(9-12-19)16-35-27-31-24-14-18(25(33)30-21-5-1-2-6-21)10-13-23(24)26(34)32(27)22-7-3-4-20(29)15-22/h3-4,7-15,21H,1-2,5-6,16H2,(H,30,33). The summed E-state index contributed by atoms with van der Waals surface area (Å²) in [6.45, 7) is 0. The van der Waals surface area contributed by atoms with E-state index >= 15 is 0 Å². The number of amides is 1. The van der Waals surface area contributed by atoms with E-state index in [4.69, 9.17) is 16.6 Å². The molecule has 0 unspecified atom stereocenters. The van der Waals surface area contributed by atoms with Crippen molar-refractivity contribution < 1.29 is 9.18 Å². The third-order valence-electron chi connectivity index (χ3n) is 6.14. The molecule has 0 saturated heterocycles. The molecule has 1 aromatic heterocycles. The average Bonchev–Trinajstić information content (AvgIpc) is 3.36. The minimum Gasteiger partial charge on any atom is -0.349 e. The molecule has 178 valence electrons. The fourth-order valence-corrected chi connectivity index (χ4v) is 5.41. The molecule has 4 aromatic rings. The molecule has 3 aromatic carbocycles. The number of benzene rings is 3. The fourth-order valence-electron chi connectivity index (χ4n) is 4.31. The van der Waals surface area contributed by atoms with E-state index in [1.807, 2.05) is 12.1 Å². The molecule has 0 aliphatic heterocycles. The molecular weight excluding hydrogens is 485 g/mol. The summed E-state index contributed by atoms with van der Waals surface area (Å²) in [5.41, 5.74) is 1.98. The van der Waals surface area contributed by atoms with E-state index in [9.17, 15) is 14.0 Å². The highest BCUT2D eigenvalue weighted by Gasteiger charge is 2.20. The van der Waals surface area contributed by atoms with E-state index < -0.39 is 5.82 Å². The molecule has 0 bridgehead atoms. The van der Waals surface area contributed by atoms with Gasteiger partial charge in [0.05, 0.1) is 16.6 Å². The van der Waals surface area contributed by atoms with Crippen molar-refractivity contribution in [2.24, 2.45) is 0 Å². The molecule has 0 atom stereocenters. The molecule has 1 heterocycles. The summed E-state index contributed by atoms with van der Waals surface area (Å²) in [4.78, 5) is 31.1. The van der Waals surface area contributed by atoms with Gasteiger partial charge in [0.25, 0.3) is 11.5 Å². The molecule has 8 heteroatoms. The van der Waals surface area contributed by atoms with E-state index in [1.54, 1.807) is 42.5 Å². The third-order valence-corrected chi connectivity index (χ3v) is 7.40. The van der Waals surface area contributed by atoms with Gasteiger partial charge in [0, 0.05) is 22.4 Å². The second kappa shape index (κ2) is 10.2. The van der Waals surface area contributed by atoms with Crippen molar-refractivity contribution in [2.75, 3.05) is 0 Å². The van der Waals surface area contributed by atoms with E-state index in [0.29, 0.717) is 38.1 Å². The van der Waals surface area contributed by atoms with Crippen LogP contribution in [0.4, 0.5) is 4.39 Å². The molecule has 0 spiro atoms. The maximum atomic E-state index is 14.0. The Balaban J connectivity index is 1.55. The molecule has 5 nitrogen and oxygen atoms in total. The number of halogens is 2. The lowest BCUT2D eigenvalue weighted by atomic mass is 10.1. The topological polar surface area (TPSA) is 64.0 Å². The van der Waals surface area contributed by atoms with Gasteiger partial charge >= 0.3 is 0 Å². The highest BCUT2D eigenvalue weighted by atomic mass is 35.5. The van der Waals surface area contributed by atoms with Crippen LogP contribution >= 0.6 is 23.4 Å². The van der Waals surface area contributed by atoms with Crippen LogP contribution in [-0.4, -0.2) is 21.5 Å². The summed E-state index contributed by atoms with van der Waals surface area (Å²) in [6.07, 6.45) is 4.22. The second-order valence-corrected chi connectivity index (χ2v) is 10.00. The van der Waals surface area contributed by atoms with Gasteiger partial charge in [-0.1, -0.05) is 54.4 Å². The predicted octanol–water partition coefficient (Wildman–Crippen LogP) is 6.14. The molecule has 1 aliphatic rings. The van der Waals surface area contributed by atoms with Crippen molar-refractivity contribution in [3.63, 3.8) is 0 Å². The van der Waals surface area contributed by atoms with Gasteiger partial charge in [-0.05, 0) is 66.9 Å². The number of hydrogen-bond acceptors (Lipinski definition) is 4. The van der Waals surface area contributed by atoms with Crippen molar-refractivity contribution in [3.05, 3.63) is 99.1 Å². The number of thioether (sulfide) groups is 1. The largest absolute Gasteiger partial charge is 0.349 e. The lowest BCUT2D eigenvalue weighted by Crippen LogP contribution is -2.32. The summed E-state index contributed by atoms with van der Waals surface area (Å²) < 4.78 is 15.4. The number of nitrogens with one attached hydrogen (secondary N) is 1. The van der Waals surface area contributed by atoms with Gasteiger partial charge in [-0.25, -0.2) is 9.37 Å². The van der Waals surface area contributed by atoms with Crippen LogP contribution in [0.25, 0.3) is 16.6 Å². The van der Waals surface area contributed by atoms with E-state index in [-0.39, 0.29) is 17.5 Å². The lowest BCUT2D eigenvalue weighted by molar-refractivity contribution is 0.0938. The van der Waals surface area contributed by atoms with Crippen LogP contribution in [-0.2, 0) is 5.75 Å². The van der Waals surface area contributed by atoms with Crippen LogP contribution in [0.3, 0.4) is 0 Å². The monoisotopic (exact) mass is 507 g/mol. The van der Waals surface area contributed by atoms with Crippen LogP contribution in [0.2, 0.25) is 5.02 Å². The highest BCUT2D eigenvalue weighted by molar-refractivity contribution is 7.98. The third kappa shape index (κ3) is 5.26. The van der Waals surface area contributed by atoms with Crippen molar-refractivity contribution >= 4 is 40.2 Å². The smallest absolute Gasteiger partial charge is 0.266 e. The maximum Gasteiger partial charge on any atom is 0.266 e. The van der Waals surface area contributed by atoms with Gasteiger partial charge in [0.2, 0.25) is 0 Å². The Morgan fingerprint density at radius 3 is 2.60 bits per heavy atom. The van der Waals surface area contributed by atoms with Crippen LogP contribution < -0.4 is 10.9 Å². The van der Waals surface area contributed by atoms with Crippen molar-refractivity contribution in [1.82, 2.24) is 14.9 Å². The summed E-state index contributed by atoms with van der Waals surface area (Å²) in [5.74, 6) is -0.0703. The number of hydrogen-bond donors (Lipinski definition) is 1. The summed E-state index contributed by atoms with van der Waals surface area (Å²) in [5, 5.41) is 4.49. The molecule has 1 amide bonds. The zero-order valence-corrected chi connectivity index (χ0v) is 20.4. The van der Waals surface area contributed by atoms with Crippen molar-refractivity contribution in [1.29, 1.82) is 0 Å². The van der Waals surface area contributed by atoms with Crippen LogP contribution in [0, 0.1) is 5.82 Å². The van der Waals surface area contributed by atoms with E-state index in [1.165, 1.54) is 28.5 Å². The number of nitrogens with zero attached hydrogens (tertiary/aromatic N) is 2. The van der Waals surface area contributed by atoms with Crippen LogP contribution in [0.5, 0.6) is 0 Å². The Kier molecular flexibility index (Phi) is 6.88. The van der Waals surface area contributed by atoms with Gasteiger partial charge < -0.3 is 5.32 Å². The minimum absolute atomic E-state index is 0.162. The Labute approximate surface area is 211 Å². The zero-order valence-electron chi connectivity index (χ0n) is 18.8. The first-order chi connectivity index (χ1) is 17.0. The summed E-state index contributed by atoms with van der Waals surface area (Å²) >= 11 is 7.36. The van der Waals surface area contributed by atoms with Crippen molar-refractivity contribution in [3.8, 4) is 5.69 Å². The lowest BCUT2D eigenvalue weighted by Gasteiger charge is -2.15. The predicted molar refractivity (Wildman–Crippen MR) is 138 cm³/mol. The van der Waals surface area contributed by atoms with Crippen LogP contribution in [0.15, 0.2) is 76.7 Å². The molecule has 1 N–H and O–H groups in total. The number of carbonyl (C=O) groups excluding carboxylic acids is 1. The summed E-state index contributed by atoms with van der Waals surface area (Å²) in [6, 6.07) is 18.4. The number of fused-ring (bicyclic) bond motifs is 1. The highest BCUT2D eigenvalue weighted by Crippen LogP contribution is 2.26. The molecule has 1 aliphatic carbocycles. The molecule has 1 fully saturated rings. The SMILES string of the molecule is O=C(NC1CCCC1)c1ccc2c(=O)n(-c3cccc(F)c3)c(SCc3ccc(Cl)cc3)nc2c1. The average molecular weight is 508 g/mol. The number of carbonyl (C=O) groups is 1. The van der Waals surface area contributed by atoms with Gasteiger partial charge in [0.1, 0.15) is 5.82 Å². The van der Waals surface area contributed by atoms with E-state index in [0.717, 1.165) is 31.2 Å². The Morgan fingerprint density at radius 2 is 1.86 bits per heavy atom. The van der Waals surface area contributed by atoms with E-state index in [2.05, 4.69) is 5.32 Å². The van der Waals surface area contributed by atoms with Gasteiger partial charge in [-0.15, -0.1) is 0 Å². The minimum atomic E-state index is -0.443. The maximum absolute atomic E-state index is 14.0. The first-order valence-corrected chi connectivity index (χ1v) is 12.9. The normalized spacial score (nSPS) is 13.9. The van der Waals surface area contributed by atoms with Gasteiger partial charge in [0.15, 0.2) is 5.16 Å². The quantitative estimate of drug-likeness (QED) is 0.251. The molecular formula is C27H23ClFN3O2S.